The van der Waals surface area contributed by atoms with Crippen molar-refractivity contribution in [3.63, 3.8) is 0 Å². The van der Waals surface area contributed by atoms with Gasteiger partial charge in [-0.3, -0.25) is 5.01 Å². The number of ether oxygens (including phenoxy) is 1. The fraction of sp³-hybridized carbons (Fsp3) is 0.0909. The number of nitriles is 1. The minimum Gasteiger partial charge on any atom is -0.497 e. The zero-order chi connectivity index (χ0) is 18.8. The van der Waals surface area contributed by atoms with Crippen LogP contribution in [-0.2, 0) is 0 Å². The molecule has 0 fully saturated rings. The highest BCUT2D eigenvalue weighted by Gasteiger charge is 2.12. The average Bonchev–Trinajstić information content (AvgIpc) is 3.17. The van der Waals surface area contributed by atoms with Gasteiger partial charge < -0.3 is 4.74 Å². The molecule has 5 heteroatoms. The molecule has 0 radical (unpaired) electrons. The second-order valence-electron chi connectivity index (χ2n) is 6.17. The predicted octanol–water partition coefficient (Wildman–Crippen LogP) is 4.48. The molecule has 1 aromatic heterocycles. The van der Waals surface area contributed by atoms with E-state index in [1.807, 2.05) is 83.5 Å². The highest BCUT2D eigenvalue weighted by molar-refractivity contribution is 5.78. The van der Waals surface area contributed by atoms with Crippen LogP contribution in [-0.4, -0.2) is 23.8 Å². The maximum absolute atomic E-state index is 9.53. The molecule has 0 N–H and O–H groups in total. The van der Waals surface area contributed by atoms with Crippen molar-refractivity contribution in [1.82, 2.24) is 9.66 Å². The van der Waals surface area contributed by atoms with Crippen molar-refractivity contribution in [3.8, 4) is 22.9 Å². The lowest BCUT2D eigenvalue weighted by Crippen LogP contribution is -2.23. The molecular weight excluding hydrogens is 336 g/mol. The molecule has 0 saturated carbocycles. The number of nitrogens with zero attached hydrogens (tertiary/aromatic N) is 4. The summed E-state index contributed by atoms with van der Waals surface area (Å²) < 4.78 is 7.22. The minimum absolute atomic E-state index is 0.632. The van der Waals surface area contributed by atoms with Crippen LogP contribution in [0.1, 0.15) is 5.56 Å². The maximum atomic E-state index is 9.53. The van der Waals surface area contributed by atoms with Crippen molar-refractivity contribution >= 4 is 16.7 Å². The number of methoxy groups -OCH3 is 1. The third-order valence-corrected chi connectivity index (χ3v) is 4.66. The number of imidazole rings is 1. The van der Waals surface area contributed by atoms with Gasteiger partial charge in [0.25, 0.3) is 0 Å². The van der Waals surface area contributed by atoms with Gasteiger partial charge in [-0.2, -0.15) is 5.26 Å². The molecule has 27 heavy (non-hydrogen) atoms. The summed E-state index contributed by atoms with van der Waals surface area (Å²) in [5, 5.41) is 11.5. The lowest BCUT2D eigenvalue weighted by Gasteiger charge is -2.22. The molecule has 0 aliphatic rings. The van der Waals surface area contributed by atoms with Gasteiger partial charge in [0.2, 0.25) is 0 Å². The largest absolute Gasteiger partial charge is 0.497 e. The topological polar surface area (TPSA) is 54.1 Å². The first kappa shape index (κ1) is 16.7. The SMILES string of the molecule is COc1ccc(-c2cc(N(C)n3cnc4ccccc43)ccc2C#N)cc1. The van der Waals surface area contributed by atoms with Crippen LogP contribution in [0.5, 0.6) is 5.75 Å². The Labute approximate surface area is 157 Å². The van der Waals surface area contributed by atoms with Gasteiger partial charge >= 0.3 is 0 Å². The summed E-state index contributed by atoms with van der Waals surface area (Å²) in [5.41, 5.74) is 5.41. The van der Waals surface area contributed by atoms with Gasteiger partial charge in [0.05, 0.1) is 35.5 Å². The zero-order valence-electron chi connectivity index (χ0n) is 15.1. The maximum Gasteiger partial charge on any atom is 0.118 e. The smallest absolute Gasteiger partial charge is 0.118 e. The van der Waals surface area contributed by atoms with Gasteiger partial charge in [0.1, 0.15) is 12.1 Å². The van der Waals surface area contributed by atoms with Crippen LogP contribution in [0.2, 0.25) is 0 Å². The van der Waals surface area contributed by atoms with Crippen molar-refractivity contribution in [2.24, 2.45) is 0 Å². The van der Waals surface area contributed by atoms with Crippen LogP contribution in [0, 0.1) is 11.3 Å². The fourth-order valence-corrected chi connectivity index (χ4v) is 3.15. The molecule has 0 aliphatic carbocycles. The first-order chi connectivity index (χ1) is 13.2. The van der Waals surface area contributed by atoms with E-state index < -0.39 is 0 Å². The van der Waals surface area contributed by atoms with Crippen LogP contribution in [0.25, 0.3) is 22.2 Å². The van der Waals surface area contributed by atoms with Crippen molar-refractivity contribution in [2.75, 3.05) is 19.2 Å². The molecule has 132 valence electrons. The zero-order valence-corrected chi connectivity index (χ0v) is 15.1. The molecule has 5 nitrogen and oxygen atoms in total. The molecule has 0 spiro atoms. The molecule has 3 aromatic carbocycles. The Hall–Kier alpha value is -3.78. The molecule has 0 aliphatic heterocycles. The summed E-state index contributed by atoms with van der Waals surface area (Å²) in [6, 6.07) is 23.8. The summed E-state index contributed by atoms with van der Waals surface area (Å²) in [6.07, 6.45) is 1.80. The average molecular weight is 354 g/mol. The standard InChI is InChI=1S/C22H18N4O/c1-25(26-15-24-21-5-3-4-6-22(21)26)18-10-7-17(14-23)20(13-18)16-8-11-19(27-2)12-9-16/h3-13,15H,1-2H3. The normalized spacial score (nSPS) is 10.6. The summed E-state index contributed by atoms with van der Waals surface area (Å²) in [6.45, 7) is 0. The lowest BCUT2D eigenvalue weighted by molar-refractivity contribution is 0.415. The van der Waals surface area contributed by atoms with E-state index in [4.69, 9.17) is 4.74 Å². The Morgan fingerprint density at radius 1 is 1.04 bits per heavy atom. The van der Waals surface area contributed by atoms with Crippen LogP contribution >= 0.6 is 0 Å². The molecule has 0 atom stereocenters. The number of hydrogen-bond donors (Lipinski definition) is 0. The van der Waals surface area contributed by atoms with E-state index in [2.05, 4.69) is 11.1 Å². The first-order valence-electron chi connectivity index (χ1n) is 8.56. The molecule has 4 rings (SSSR count). The Morgan fingerprint density at radius 2 is 1.81 bits per heavy atom. The minimum atomic E-state index is 0.632. The first-order valence-corrected chi connectivity index (χ1v) is 8.56. The van der Waals surface area contributed by atoms with Gasteiger partial charge in [0, 0.05) is 12.6 Å². The van der Waals surface area contributed by atoms with E-state index in [0.29, 0.717) is 5.56 Å². The summed E-state index contributed by atoms with van der Waals surface area (Å²) in [7, 11) is 3.62. The van der Waals surface area contributed by atoms with Crippen molar-refractivity contribution in [3.05, 3.63) is 78.6 Å². The third-order valence-electron chi connectivity index (χ3n) is 4.66. The second kappa shape index (κ2) is 6.85. The number of anilines is 1. The number of rotatable bonds is 4. The van der Waals surface area contributed by atoms with Gasteiger partial charge in [-0.25, -0.2) is 9.66 Å². The number of fused-ring (bicyclic) bond motifs is 1. The quantitative estimate of drug-likeness (QED) is 0.542. The molecule has 0 unspecified atom stereocenters. The molecular formula is C22H18N4O. The molecule has 0 bridgehead atoms. The van der Waals surface area contributed by atoms with Gasteiger partial charge in [-0.1, -0.05) is 24.3 Å². The van der Waals surface area contributed by atoms with Gasteiger partial charge in [-0.05, 0) is 48.0 Å². The number of para-hydroxylation sites is 2. The van der Waals surface area contributed by atoms with Crippen molar-refractivity contribution in [1.29, 1.82) is 5.26 Å². The van der Waals surface area contributed by atoms with Crippen molar-refractivity contribution in [2.45, 2.75) is 0 Å². The van der Waals surface area contributed by atoms with E-state index in [1.165, 1.54) is 0 Å². The summed E-state index contributed by atoms with van der Waals surface area (Å²) in [4.78, 5) is 4.45. The molecule has 1 heterocycles. The van der Waals surface area contributed by atoms with E-state index in [0.717, 1.165) is 33.6 Å². The monoisotopic (exact) mass is 354 g/mol. The van der Waals surface area contributed by atoms with Crippen LogP contribution in [0.3, 0.4) is 0 Å². The Morgan fingerprint density at radius 3 is 2.56 bits per heavy atom. The van der Waals surface area contributed by atoms with E-state index in [1.54, 1.807) is 13.4 Å². The third kappa shape index (κ3) is 2.98. The second-order valence-corrected chi connectivity index (χ2v) is 6.17. The predicted molar refractivity (Wildman–Crippen MR) is 107 cm³/mol. The fourth-order valence-electron chi connectivity index (χ4n) is 3.15. The van der Waals surface area contributed by atoms with Crippen LogP contribution in [0.15, 0.2) is 73.1 Å². The van der Waals surface area contributed by atoms with E-state index >= 15 is 0 Å². The van der Waals surface area contributed by atoms with Crippen LogP contribution < -0.4 is 9.75 Å². The Bertz CT molecular complexity index is 1140. The lowest BCUT2D eigenvalue weighted by atomic mass is 9.99. The highest BCUT2D eigenvalue weighted by atomic mass is 16.5. The Balaban J connectivity index is 1.78. The summed E-state index contributed by atoms with van der Waals surface area (Å²) >= 11 is 0. The van der Waals surface area contributed by atoms with Gasteiger partial charge in [-0.15, -0.1) is 0 Å². The summed E-state index contributed by atoms with van der Waals surface area (Å²) in [5.74, 6) is 0.787. The number of benzene rings is 3. The number of aromatic nitrogens is 2. The molecule has 0 saturated heterocycles. The Kier molecular flexibility index (Phi) is 4.23. The van der Waals surface area contributed by atoms with Crippen LogP contribution in [0.4, 0.5) is 5.69 Å². The highest BCUT2D eigenvalue weighted by Crippen LogP contribution is 2.30. The number of hydrogen-bond acceptors (Lipinski definition) is 4. The van der Waals surface area contributed by atoms with Crippen molar-refractivity contribution < 1.29 is 4.74 Å². The van der Waals surface area contributed by atoms with E-state index in [9.17, 15) is 5.26 Å². The van der Waals surface area contributed by atoms with Gasteiger partial charge in [0.15, 0.2) is 0 Å². The molecule has 4 aromatic rings. The van der Waals surface area contributed by atoms with E-state index in [-0.39, 0.29) is 0 Å². The molecule has 0 amide bonds.